The molecule has 0 bridgehead atoms. The van der Waals surface area contributed by atoms with E-state index in [1.165, 1.54) is 11.1 Å². The van der Waals surface area contributed by atoms with Crippen molar-refractivity contribution in [2.24, 2.45) is 5.41 Å². The number of piperidine rings is 1. The number of rotatable bonds is 5. The second-order valence-corrected chi connectivity index (χ2v) is 9.56. The Balaban J connectivity index is 1.96. The van der Waals surface area contributed by atoms with Gasteiger partial charge in [-0.15, -0.1) is 0 Å². The summed E-state index contributed by atoms with van der Waals surface area (Å²) in [6.07, 6.45) is 1.45. The molecule has 2 aromatic carbocycles. The lowest BCUT2D eigenvalue weighted by Crippen LogP contribution is -2.53. The third-order valence-corrected chi connectivity index (χ3v) is 6.62. The van der Waals surface area contributed by atoms with Gasteiger partial charge in [0.1, 0.15) is 5.82 Å². The lowest BCUT2D eigenvalue weighted by Gasteiger charge is -2.48. The average molecular weight is 505 g/mol. The molecule has 3 atom stereocenters. The Labute approximate surface area is 206 Å². The molecule has 1 aromatic heterocycles. The van der Waals surface area contributed by atoms with Crippen LogP contribution < -0.4 is 4.90 Å². The summed E-state index contributed by atoms with van der Waals surface area (Å²) >= 11 is 18.5. The van der Waals surface area contributed by atoms with Crippen molar-refractivity contribution in [2.45, 2.75) is 31.7 Å². The predicted octanol–water partition coefficient (Wildman–Crippen LogP) is 6.18. The van der Waals surface area contributed by atoms with E-state index >= 15 is 0 Å². The fraction of sp³-hybridized carbons (Fsp3) is 0.250. The molecule has 0 saturated carbocycles. The Morgan fingerprint density at radius 1 is 1.09 bits per heavy atom. The van der Waals surface area contributed by atoms with Gasteiger partial charge in [0, 0.05) is 22.2 Å². The number of amides is 1. The first-order chi connectivity index (χ1) is 15.7. The van der Waals surface area contributed by atoms with Gasteiger partial charge in [-0.25, -0.2) is 9.97 Å². The maximum Gasteiger partial charge on any atom is 0.304 e. The SMILES string of the molecule is C[C@]1(CC(=O)O)CC(c2cccc(Cl)c2)[C@@H](c2ccc(Cl)cc2)N(c2ccnc(Cl)n2)C1=O. The van der Waals surface area contributed by atoms with Gasteiger partial charge in [-0.3, -0.25) is 14.5 Å². The van der Waals surface area contributed by atoms with Crippen LogP contribution in [-0.4, -0.2) is 27.0 Å². The van der Waals surface area contributed by atoms with Crippen molar-refractivity contribution < 1.29 is 14.7 Å². The second-order valence-electron chi connectivity index (χ2n) is 8.35. The highest BCUT2D eigenvalue weighted by molar-refractivity contribution is 6.31. The molecule has 1 fully saturated rings. The van der Waals surface area contributed by atoms with Gasteiger partial charge >= 0.3 is 5.97 Å². The number of aromatic nitrogens is 2. The van der Waals surface area contributed by atoms with E-state index in [0.717, 1.165) is 11.1 Å². The molecule has 9 heteroatoms. The zero-order valence-corrected chi connectivity index (χ0v) is 19.8. The normalized spacial score (nSPS) is 22.9. The van der Waals surface area contributed by atoms with Crippen molar-refractivity contribution in [3.63, 3.8) is 0 Å². The lowest BCUT2D eigenvalue weighted by atomic mass is 9.67. The van der Waals surface area contributed by atoms with Crippen LogP contribution in [0.25, 0.3) is 0 Å². The van der Waals surface area contributed by atoms with Crippen LogP contribution in [0.3, 0.4) is 0 Å². The molecule has 6 nitrogen and oxygen atoms in total. The number of carboxylic acids is 1. The van der Waals surface area contributed by atoms with Crippen molar-refractivity contribution in [1.29, 1.82) is 0 Å². The first kappa shape index (κ1) is 23.5. The fourth-order valence-corrected chi connectivity index (χ4v) is 5.02. The van der Waals surface area contributed by atoms with Gasteiger partial charge in [0.25, 0.3) is 0 Å². The molecule has 2 heterocycles. The maximum absolute atomic E-state index is 13.9. The molecular weight excluding hydrogens is 485 g/mol. The van der Waals surface area contributed by atoms with E-state index in [2.05, 4.69) is 9.97 Å². The van der Waals surface area contributed by atoms with Crippen LogP contribution in [0.4, 0.5) is 5.82 Å². The highest BCUT2D eigenvalue weighted by Crippen LogP contribution is 2.52. The number of nitrogens with zero attached hydrogens (tertiary/aromatic N) is 3. The molecule has 1 unspecified atom stereocenters. The van der Waals surface area contributed by atoms with Crippen molar-refractivity contribution in [3.05, 3.63) is 87.2 Å². The summed E-state index contributed by atoms with van der Waals surface area (Å²) in [5.41, 5.74) is 0.528. The first-order valence-electron chi connectivity index (χ1n) is 10.2. The summed E-state index contributed by atoms with van der Waals surface area (Å²) < 4.78 is 0. The van der Waals surface area contributed by atoms with Crippen molar-refractivity contribution >= 4 is 52.5 Å². The second kappa shape index (κ2) is 9.29. The predicted molar refractivity (Wildman–Crippen MR) is 128 cm³/mol. The van der Waals surface area contributed by atoms with Gasteiger partial charge < -0.3 is 5.11 Å². The van der Waals surface area contributed by atoms with Gasteiger partial charge in [0.05, 0.1) is 17.9 Å². The molecule has 0 spiro atoms. The van der Waals surface area contributed by atoms with E-state index in [-0.39, 0.29) is 23.5 Å². The summed E-state index contributed by atoms with van der Waals surface area (Å²) in [6.45, 7) is 1.68. The highest BCUT2D eigenvalue weighted by Gasteiger charge is 2.51. The Morgan fingerprint density at radius 2 is 1.82 bits per heavy atom. The van der Waals surface area contributed by atoms with Crippen LogP contribution in [0.5, 0.6) is 0 Å². The van der Waals surface area contributed by atoms with Crippen LogP contribution in [0.1, 0.15) is 42.9 Å². The molecule has 1 aliphatic rings. The van der Waals surface area contributed by atoms with Gasteiger partial charge in [-0.05, 0) is 59.5 Å². The Bertz CT molecular complexity index is 1200. The Kier molecular flexibility index (Phi) is 6.61. The van der Waals surface area contributed by atoms with E-state index in [1.54, 1.807) is 31.2 Å². The van der Waals surface area contributed by atoms with Crippen molar-refractivity contribution in [3.8, 4) is 0 Å². The average Bonchev–Trinajstić information content (AvgIpc) is 2.75. The number of anilines is 1. The molecule has 33 heavy (non-hydrogen) atoms. The monoisotopic (exact) mass is 503 g/mol. The topological polar surface area (TPSA) is 83.4 Å². The number of hydrogen-bond acceptors (Lipinski definition) is 4. The van der Waals surface area contributed by atoms with Gasteiger partial charge in [0.15, 0.2) is 0 Å². The third-order valence-electron chi connectivity index (χ3n) is 5.95. The molecule has 1 aliphatic heterocycles. The number of benzene rings is 2. The molecule has 1 amide bonds. The number of hydrogen-bond donors (Lipinski definition) is 1. The van der Waals surface area contributed by atoms with Crippen molar-refractivity contribution in [1.82, 2.24) is 9.97 Å². The third kappa shape index (κ3) is 4.83. The molecule has 0 radical (unpaired) electrons. The summed E-state index contributed by atoms with van der Waals surface area (Å²) in [7, 11) is 0. The van der Waals surface area contributed by atoms with Gasteiger partial charge in [0.2, 0.25) is 11.2 Å². The molecule has 170 valence electrons. The molecular formula is C24H20Cl3N3O3. The summed E-state index contributed by atoms with van der Waals surface area (Å²) in [5, 5.41) is 10.7. The van der Waals surface area contributed by atoms with E-state index in [4.69, 9.17) is 34.8 Å². The zero-order chi connectivity index (χ0) is 23.8. The minimum atomic E-state index is -1.18. The van der Waals surface area contributed by atoms with E-state index in [1.807, 2.05) is 30.3 Å². The number of carbonyl (C=O) groups excluding carboxylic acids is 1. The Morgan fingerprint density at radius 3 is 2.45 bits per heavy atom. The van der Waals surface area contributed by atoms with Crippen LogP contribution >= 0.6 is 34.8 Å². The number of carbonyl (C=O) groups is 2. The molecule has 0 aliphatic carbocycles. The van der Waals surface area contributed by atoms with Crippen LogP contribution in [-0.2, 0) is 9.59 Å². The van der Waals surface area contributed by atoms with Crippen molar-refractivity contribution in [2.75, 3.05) is 4.90 Å². The number of carboxylic acid groups (broad SMARTS) is 1. The molecule has 3 aromatic rings. The number of aliphatic carboxylic acids is 1. The summed E-state index contributed by atoms with van der Waals surface area (Å²) in [4.78, 5) is 35.4. The van der Waals surface area contributed by atoms with Crippen LogP contribution in [0.15, 0.2) is 60.8 Å². The minimum Gasteiger partial charge on any atom is -0.481 e. The quantitative estimate of drug-likeness (QED) is 0.420. The fourth-order valence-electron chi connectivity index (χ4n) is 4.55. The first-order valence-corrected chi connectivity index (χ1v) is 11.4. The Hall–Kier alpha value is -2.67. The largest absolute Gasteiger partial charge is 0.481 e. The summed E-state index contributed by atoms with van der Waals surface area (Å²) in [6, 6.07) is 15.7. The maximum atomic E-state index is 13.9. The summed E-state index contributed by atoms with van der Waals surface area (Å²) in [5.74, 6) is -1.39. The standard InChI is InChI=1S/C24H20Cl3N3O3/c1-24(13-20(31)32)12-18(15-3-2-4-17(26)11-15)21(14-5-7-16(25)8-6-14)30(22(24)33)19-9-10-28-23(27)29-19/h2-11,18,21H,12-13H2,1H3,(H,31,32)/t18?,21-,24-/m1/s1. The van der Waals surface area contributed by atoms with E-state index in [9.17, 15) is 14.7 Å². The van der Waals surface area contributed by atoms with E-state index in [0.29, 0.717) is 22.3 Å². The van der Waals surface area contributed by atoms with Gasteiger partial charge in [-0.2, -0.15) is 0 Å². The molecule has 1 N–H and O–H groups in total. The smallest absolute Gasteiger partial charge is 0.304 e. The van der Waals surface area contributed by atoms with E-state index < -0.39 is 17.4 Å². The number of halogens is 3. The highest BCUT2D eigenvalue weighted by atomic mass is 35.5. The molecule has 1 saturated heterocycles. The molecule has 4 rings (SSSR count). The minimum absolute atomic E-state index is 0.0139. The zero-order valence-electron chi connectivity index (χ0n) is 17.6. The lowest BCUT2D eigenvalue weighted by molar-refractivity contribution is -0.145. The van der Waals surface area contributed by atoms with Crippen LogP contribution in [0, 0.1) is 5.41 Å². The van der Waals surface area contributed by atoms with Crippen LogP contribution in [0.2, 0.25) is 15.3 Å². The van der Waals surface area contributed by atoms with Gasteiger partial charge in [-0.1, -0.05) is 54.4 Å².